The first-order valence-electron chi connectivity index (χ1n) is 6.42. The van der Waals surface area contributed by atoms with Crippen LogP contribution in [0, 0.1) is 13.8 Å². The van der Waals surface area contributed by atoms with E-state index in [-0.39, 0.29) is 5.56 Å². The highest BCUT2D eigenvalue weighted by molar-refractivity contribution is 6.31. The number of H-pyrrole nitrogens is 1. The van der Waals surface area contributed by atoms with Crippen LogP contribution in [-0.2, 0) is 0 Å². The largest absolute Gasteiger partial charge is 0.313 e. The number of halogens is 1. The fourth-order valence-electron chi connectivity index (χ4n) is 2.10. The molecular weight excluding hydrogens is 288 g/mol. The Morgan fingerprint density at radius 1 is 1.24 bits per heavy atom. The fourth-order valence-corrected chi connectivity index (χ4v) is 2.27. The van der Waals surface area contributed by atoms with Crippen molar-refractivity contribution in [2.24, 2.45) is 0 Å². The van der Waals surface area contributed by atoms with Gasteiger partial charge in [-0.25, -0.2) is 9.67 Å². The number of aromatic amines is 1. The lowest BCUT2D eigenvalue weighted by Gasteiger charge is -2.09. The molecule has 6 heteroatoms. The van der Waals surface area contributed by atoms with Gasteiger partial charge in [0, 0.05) is 22.8 Å². The number of aromatic nitrogens is 4. The number of aryl methyl sites for hydroxylation is 2. The Hall–Kier alpha value is -2.40. The first kappa shape index (κ1) is 13.6. The third kappa shape index (κ3) is 2.60. The van der Waals surface area contributed by atoms with E-state index in [2.05, 4.69) is 15.1 Å². The number of benzene rings is 1. The van der Waals surface area contributed by atoms with Crippen molar-refractivity contribution in [3.8, 4) is 16.9 Å². The number of nitrogens with zero attached hydrogens (tertiary/aromatic N) is 3. The number of rotatable bonds is 2. The summed E-state index contributed by atoms with van der Waals surface area (Å²) in [6.45, 7) is 3.95. The van der Waals surface area contributed by atoms with Gasteiger partial charge in [0.25, 0.3) is 5.56 Å². The highest BCUT2D eigenvalue weighted by Gasteiger charge is 2.12. The molecule has 0 radical (unpaired) electrons. The quantitative estimate of drug-likeness (QED) is 0.791. The van der Waals surface area contributed by atoms with E-state index in [0.717, 1.165) is 22.5 Å². The van der Waals surface area contributed by atoms with Crippen molar-refractivity contribution in [2.45, 2.75) is 13.8 Å². The summed E-state index contributed by atoms with van der Waals surface area (Å²) in [5.41, 5.74) is 3.98. The summed E-state index contributed by atoms with van der Waals surface area (Å²) in [4.78, 5) is 18.2. The Balaban J connectivity index is 2.24. The molecule has 3 rings (SSSR count). The predicted octanol–water partition coefficient (Wildman–Crippen LogP) is 2.89. The molecular formula is C15H13ClN4O. The molecule has 0 atom stereocenters. The highest BCUT2D eigenvalue weighted by atomic mass is 35.5. The molecule has 0 saturated carbocycles. The average molecular weight is 301 g/mol. The minimum absolute atomic E-state index is 0.209. The van der Waals surface area contributed by atoms with Crippen LogP contribution in [0.2, 0.25) is 5.02 Å². The fraction of sp³-hybridized carbons (Fsp3) is 0.133. The first-order valence-corrected chi connectivity index (χ1v) is 6.80. The molecule has 0 amide bonds. The molecule has 1 aromatic carbocycles. The molecule has 0 spiro atoms. The van der Waals surface area contributed by atoms with Crippen LogP contribution in [0.15, 0.2) is 41.6 Å². The van der Waals surface area contributed by atoms with Crippen LogP contribution in [0.25, 0.3) is 16.9 Å². The molecule has 0 unspecified atom stereocenters. The van der Waals surface area contributed by atoms with Crippen LogP contribution >= 0.6 is 11.6 Å². The second-order valence-electron chi connectivity index (χ2n) is 4.80. The predicted molar refractivity (Wildman–Crippen MR) is 81.9 cm³/mol. The van der Waals surface area contributed by atoms with Crippen molar-refractivity contribution < 1.29 is 0 Å². The summed E-state index contributed by atoms with van der Waals surface area (Å²) in [6, 6.07) is 6.88. The standard InChI is InChI=1S/C15H13ClN4O/c1-9-7-20(19-10(9)2)14-4-3-11(16)5-12(14)13-6-15(21)18-8-17-13/h3-8H,1-2H3,(H,17,18,21). The summed E-state index contributed by atoms with van der Waals surface area (Å²) in [6.07, 6.45) is 3.32. The van der Waals surface area contributed by atoms with Crippen LogP contribution in [0.1, 0.15) is 11.3 Å². The SMILES string of the molecule is Cc1cn(-c2ccc(Cl)cc2-c2cc(=O)[nH]cn2)nc1C. The average Bonchev–Trinajstić information content (AvgIpc) is 2.78. The summed E-state index contributed by atoms with van der Waals surface area (Å²) in [7, 11) is 0. The van der Waals surface area contributed by atoms with Crippen molar-refractivity contribution in [3.63, 3.8) is 0 Å². The van der Waals surface area contributed by atoms with Crippen molar-refractivity contribution in [1.82, 2.24) is 19.7 Å². The summed E-state index contributed by atoms with van der Waals surface area (Å²) >= 11 is 6.09. The molecule has 2 aromatic heterocycles. The topological polar surface area (TPSA) is 63.6 Å². The molecule has 0 aliphatic heterocycles. The summed E-state index contributed by atoms with van der Waals surface area (Å²) < 4.78 is 1.78. The van der Waals surface area contributed by atoms with Gasteiger partial charge in [0.15, 0.2) is 0 Å². The van der Waals surface area contributed by atoms with E-state index in [0.29, 0.717) is 10.7 Å². The lowest BCUT2D eigenvalue weighted by molar-refractivity contribution is 0.863. The second kappa shape index (κ2) is 5.18. The monoisotopic (exact) mass is 300 g/mol. The van der Waals surface area contributed by atoms with Gasteiger partial charge in [-0.3, -0.25) is 4.79 Å². The van der Waals surface area contributed by atoms with Crippen LogP contribution < -0.4 is 5.56 Å². The molecule has 0 aliphatic carbocycles. The van der Waals surface area contributed by atoms with E-state index < -0.39 is 0 Å². The Morgan fingerprint density at radius 2 is 2.05 bits per heavy atom. The Bertz CT molecular complexity index is 847. The molecule has 0 fully saturated rings. The molecule has 5 nitrogen and oxygen atoms in total. The Kier molecular flexibility index (Phi) is 3.35. The molecule has 106 valence electrons. The van der Waals surface area contributed by atoms with Gasteiger partial charge in [0.1, 0.15) is 0 Å². The van der Waals surface area contributed by atoms with E-state index in [9.17, 15) is 4.79 Å². The number of hydrogen-bond donors (Lipinski definition) is 1. The maximum atomic E-state index is 11.5. The molecule has 0 aliphatic rings. The van der Waals surface area contributed by atoms with Crippen molar-refractivity contribution in [2.75, 3.05) is 0 Å². The minimum Gasteiger partial charge on any atom is -0.313 e. The van der Waals surface area contributed by atoms with Gasteiger partial charge in [-0.15, -0.1) is 0 Å². The Morgan fingerprint density at radius 3 is 2.71 bits per heavy atom. The van der Waals surface area contributed by atoms with Crippen LogP contribution in [0.4, 0.5) is 0 Å². The zero-order valence-electron chi connectivity index (χ0n) is 11.6. The lowest BCUT2D eigenvalue weighted by Crippen LogP contribution is -2.06. The molecule has 2 heterocycles. The van der Waals surface area contributed by atoms with Gasteiger partial charge in [-0.1, -0.05) is 11.6 Å². The third-order valence-electron chi connectivity index (χ3n) is 3.30. The number of hydrogen-bond acceptors (Lipinski definition) is 3. The maximum Gasteiger partial charge on any atom is 0.251 e. The maximum absolute atomic E-state index is 11.5. The lowest BCUT2D eigenvalue weighted by atomic mass is 10.1. The van der Waals surface area contributed by atoms with E-state index in [1.54, 1.807) is 16.8 Å². The van der Waals surface area contributed by atoms with E-state index in [4.69, 9.17) is 11.6 Å². The van der Waals surface area contributed by atoms with Crippen molar-refractivity contribution >= 4 is 11.6 Å². The van der Waals surface area contributed by atoms with Crippen LogP contribution in [0.5, 0.6) is 0 Å². The van der Waals surface area contributed by atoms with Gasteiger partial charge in [-0.05, 0) is 37.6 Å². The van der Waals surface area contributed by atoms with Crippen LogP contribution in [0.3, 0.4) is 0 Å². The zero-order valence-corrected chi connectivity index (χ0v) is 12.3. The van der Waals surface area contributed by atoms with Gasteiger partial charge in [0.05, 0.1) is 23.4 Å². The molecule has 3 aromatic rings. The first-order chi connectivity index (χ1) is 10.0. The van der Waals surface area contributed by atoms with Crippen molar-refractivity contribution in [1.29, 1.82) is 0 Å². The zero-order chi connectivity index (χ0) is 15.0. The Labute approximate surface area is 126 Å². The van der Waals surface area contributed by atoms with Gasteiger partial charge in [-0.2, -0.15) is 5.10 Å². The smallest absolute Gasteiger partial charge is 0.251 e. The molecule has 0 bridgehead atoms. The van der Waals surface area contributed by atoms with Gasteiger partial charge < -0.3 is 4.98 Å². The normalized spacial score (nSPS) is 10.8. The van der Waals surface area contributed by atoms with Gasteiger partial charge >= 0.3 is 0 Å². The highest BCUT2D eigenvalue weighted by Crippen LogP contribution is 2.27. The van der Waals surface area contributed by atoms with Crippen molar-refractivity contribution in [3.05, 3.63) is 63.4 Å². The van der Waals surface area contributed by atoms with E-state index in [1.165, 1.54) is 12.4 Å². The molecule has 21 heavy (non-hydrogen) atoms. The summed E-state index contributed by atoms with van der Waals surface area (Å²) in [5.74, 6) is 0. The third-order valence-corrected chi connectivity index (χ3v) is 3.54. The van der Waals surface area contributed by atoms with Gasteiger partial charge in [0.2, 0.25) is 0 Å². The van der Waals surface area contributed by atoms with E-state index >= 15 is 0 Å². The summed E-state index contributed by atoms with van der Waals surface area (Å²) in [5, 5.41) is 5.06. The molecule has 0 saturated heterocycles. The minimum atomic E-state index is -0.209. The molecule has 1 N–H and O–H groups in total. The van der Waals surface area contributed by atoms with E-state index in [1.807, 2.05) is 26.1 Å². The van der Waals surface area contributed by atoms with Crippen LogP contribution in [-0.4, -0.2) is 19.7 Å². The number of nitrogens with one attached hydrogen (secondary N) is 1. The second-order valence-corrected chi connectivity index (χ2v) is 5.24.